The minimum atomic E-state index is 0.297. The van der Waals surface area contributed by atoms with Gasteiger partial charge in [-0.05, 0) is 27.8 Å². The molecule has 0 aromatic carbocycles. The van der Waals surface area contributed by atoms with Gasteiger partial charge in [0, 0.05) is 18.9 Å². The summed E-state index contributed by atoms with van der Waals surface area (Å²) in [6, 6.07) is 0. The van der Waals surface area contributed by atoms with E-state index in [1.807, 2.05) is 0 Å². The molecule has 0 radical (unpaired) electrons. The van der Waals surface area contributed by atoms with Gasteiger partial charge in [0.05, 0.1) is 4.47 Å². The first-order valence-corrected chi connectivity index (χ1v) is 7.04. The Bertz CT molecular complexity index is 322. The third-order valence-corrected chi connectivity index (χ3v) is 3.21. The molecule has 1 N–H and O–H groups in total. The fourth-order valence-electron chi connectivity index (χ4n) is 1.66. The van der Waals surface area contributed by atoms with Gasteiger partial charge in [0.15, 0.2) is 0 Å². The van der Waals surface area contributed by atoms with E-state index < -0.39 is 0 Å². The first-order chi connectivity index (χ1) is 8.03. The maximum atomic E-state index is 4.21. The van der Waals surface area contributed by atoms with Gasteiger partial charge >= 0.3 is 0 Å². The van der Waals surface area contributed by atoms with Crippen molar-refractivity contribution < 1.29 is 0 Å². The van der Waals surface area contributed by atoms with E-state index in [9.17, 15) is 0 Å². The maximum absolute atomic E-state index is 4.21. The summed E-state index contributed by atoms with van der Waals surface area (Å²) in [4.78, 5) is 8.42. The Balaban J connectivity index is 2.35. The molecular formula is C13H22BrN3. The number of anilines is 1. The van der Waals surface area contributed by atoms with Crippen LogP contribution in [0.25, 0.3) is 0 Å². The summed E-state index contributed by atoms with van der Waals surface area (Å²) in [6.45, 7) is 7.72. The molecule has 3 nitrogen and oxygen atoms in total. The number of nitrogens with one attached hydrogen (secondary N) is 1. The van der Waals surface area contributed by atoms with E-state index in [-0.39, 0.29) is 0 Å². The van der Waals surface area contributed by atoms with E-state index in [1.54, 1.807) is 12.4 Å². The van der Waals surface area contributed by atoms with Crippen molar-refractivity contribution in [3.63, 3.8) is 0 Å². The minimum absolute atomic E-state index is 0.297. The molecule has 0 spiro atoms. The van der Waals surface area contributed by atoms with Gasteiger partial charge in [-0.15, -0.1) is 0 Å². The van der Waals surface area contributed by atoms with E-state index in [4.69, 9.17) is 0 Å². The van der Waals surface area contributed by atoms with Crippen LogP contribution in [0.2, 0.25) is 0 Å². The Morgan fingerprint density at radius 3 is 2.47 bits per heavy atom. The molecule has 1 heterocycles. The molecule has 0 aliphatic carbocycles. The van der Waals surface area contributed by atoms with Gasteiger partial charge in [0.2, 0.25) is 5.95 Å². The monoisotopic (exact) mass is 299 g/mol. The van der Waals surface area contributed by atoms with Crippen LogP contribution in [0.15, 0.2) is 16.9 Å². The van der Waals surface area contributed by atoms with Crippen molar-refractivity contribution in [2.75, 3.05) is 11.9 Å². The van der Waals surface area contributed by atoms with Crippen LogP contribution < -0.4 is 5.32 Å². The number of halogens is 1. The second kappa shape index (κ2) is 6.94. The van der Waals surface area contributed by atoms with E-state index in [1.165, 1.54) is 25.7 Å². The molecule has 0 aliphatic rings. The molecule has 0 fully saturated rings. The van der Waals surface area contributed by atoms with Gasteiger partial charge in [-0.3, -0.25) is 0 Å². The molecular weight excluding hydrogens is 278 g/mol. The van der Waals surface area contributed by atoms with E-state index in [0.29, 0.717) is 11.4 Å². The normalized spacial score (nSPS) is 11.5. The van der Waals surface area contributed by atoms with Crippen LogP contribution in [-0.2, 0) is 0 Å². The highest BCUT2D eigenvalue weighted by molar-refractivity contribution is 9.10. The average Bonchev–Trinajstić information content (AvgIpc) is 2.29. The lowest BCUT2D eigenvalue weighted by molar-refractivity contribution is 0.342. The molecule has 0 atom stereocenters. The number of unbranched alkanes of at least 4 members (excludes halogenated alkanes) is 2. The van der Waals surface area contributed by atoms with Crippen molar-refractivity contribution in [1.29, 1.82) is 0 Å². The molecule has 0 aliphatic heterocycles. The Morgan fingerprint density at radius 1 is 1.24 bits per heavy atom. The second-order valence-electron chi connectivity index (χ2n) is 5.20. The number of hydrogen-bond acceptors (Lipinski definition) is 3. The zero-order chi connectivity index (χ0) is 12.7. The lowest BCUT2D eigenvalue weighted by atomic mass is 9.87. The molecule has 1 aromatic heterocycles. The molecule has 17 heavy (non-hydrogen) atoms. The first-order valence-electron chi connectivity index (χ1n) is 6.25. The molecule has 0 saturated carbocycles. The SMILES string of the molecule is CCCCCC(C)(C)CNc1ncc(Br)cn1. The summed E-state index contributed by atoms with van der Waals surface area (Å²) in [7, 11) is 0. The highest BCUT2D eigenvalue weighted by Crippen LogP contribution is 2.23. The summed E-state index contributed by atoms with van der Waals surface area (Å²) in [5.74, 6) is 0.705. The maximum Gasteiger partial charge on any atom is 0.222 e. The van der Waals surface area contributed by atoms with Gasteiger partial charge < -0.3 is 5.32 Å². The van der Waals surface area contributed by atoms with Crippen molar-refractivity contribution in [2.45, 2.75) is 46.5 Å². The molecule has 96 valence electrons. The lowest BCUT2D eigenvalue weighted by Crippen LogP contribution is -2.23. The highest BCUT2D eigenvalue weighted by Gasteiger charge is 2.17. The molecule has 0 amide bonds. The smallest absolute Gasteiger partial charge is 0.222 e. The molecule has 0 unspecified atom stereocenters. The van der Waals surface area contributed by atoms with Gasteiger partial charge in [0.25, 0.3) is 0 Å². The summed E-state index contributed by atoms with van der Waals surface area (Å²) in [5, 5.41) is 3.30. The van der Waals surface area contributed by atoms with Crippen LogP contribution in [0, 0.1) is 5.41 Å². The minimum Gasteiger partial charge on any atom is -0.354 e. The van der Waals surface area contributed by atoms with Crippen molar-refractivity contribution in [1.82, 2.24) is 9.97 Å². The molecule has 1 rings (SSSR count). The van der Waals surface area contributed by atoms with Crippen LogP contribution in [0.3, 0.4) is 0 Å². The largest absolute Gasteiger partial charge is 0.354 e. The van der Waals surface area contributed by atoms with Crippen molar-refractivity contribution in [2.24, 2.45) is 5.41 Å². The predicted molar refractivity (Wildman–Crippen MR) is 76.1 cm³/mol. The Labute approximate surface area is 113 Å². The average molecular weight is 300 g/mol. The number of rotatable bonds is 7. The van der Waals surface area contributed by atoms with Crippen LogP contribution in [0.1, 0.15) is 46.5 Å². The zero-order valence-corrected chi connectivity index (χ0v) is 12.5. The molecule has 0 bridgehead atoms. The Morgan fingerprint density at radius 2 is 1.88 bits per heavy atom. The van der Waals surface area contributed by atoms with Gasteiger partial charge in [-0.1, -0.05) is 40.0 Å². The standard InChI is InChI=1S/C13H22BrN3/c1-4-5-6-7-13(2,3)10-17-12-15-8-11(14)9-16-12/h8-9H,4-7,10H2,1-3H3,(H,15,16,17). The Kier molecular flexibility index (Phi) is 5.89. The van der Waals surface area contributed by atoms with E-state index >= 15 is 0 Å². The van der Waals surface area contributed by atoms with E-state index in [2.05, 4.69) is 52.0 Å². The zero-order valence-electron chi connectivity index (χ0n) is 11.0. The number of hydrogen-bond donors (Lipinski definition) is 1. The lowest BCUT2D eigenvalue weighted by Gasteiger charge is -2.24. The summed E-state index contributed by atoms with van der Waals surface area (Å²) < 4.78 is 0.908. The third kappa shape index (κ3) is 6.01. The number of aromatic nitrogens is 2. The summed E-state index contributed by atoms with van der Waals surface area (Å²) >= 11 is 3.33. The van der Waals surface area contributed by atoms with Crippen molar-refractivity contribution in [3.05, 3.63) is 16.9 Å². The summed E-state index contributed by atoms with van der Waals surface area (Å²) in [5.41, 5.74) is 0.297. The molecule has 4 heteroatoms. The van der Waals surface area contributed by atoms with Gasteiger partial charge in [-0.2, -0.15) is 0 Å². The first kappa shape index (κ1) is 14.4. The fraction of sp³-hybridized carbons (Fsp3) is 0.692. The van der Waals surface area contributed by atoms with Crippen LogP contribution in [0.4, 0.5) is 5.95 Å². The van der Waals surface area contributed by atoms with E-state index in [0.717, 1.165) is 11.0 Å². The van der Waals surface area contributed by atoms with Crippen molar-refractivity contribution in [3.8, 4) is 0 Å². The fourth-order valence-corrected chi connectivity index (χ4v) is 1.87. The van der Waals surface area contributed by atoms with Crippen LogP contribution >= 0.6 is 15.9 Å². The van der Waals surface area contributed by atoms with Crippen molar-refractivity contribution >= 4 is 21.9 Å². The Hall–Kier alpha value is -0.640. The van der Waals surface area contributed by atoms with Gasteiger partial charge in [-0.25, -0.2) is 9.97 Å². The number of nitrogens with zero attached hydrogens (tertiary/aromatic N) is 2. The highest BCUT2D eigenvalue weighted by atomic mass is 79.9. The quantitative estimate of drug-likeness (QED) is 0.765. The van der Waals surface area contributed by atoms with Crippen LogP contribution in [-0.4, -0.2) is 16.5 Å². The second-order valence-corrected chi connectivity index (χ2v) is 6.12. The summed E-state index contributed by atoms with van der Waals surface area (Å²) in [6.07, 6.45) is 8.66. The molecule has 1 aromatic rings. The predicted octanol–water partition coefficient (Wildman–Crippen LogP) is 4.26. The molecule has 0 saturated heterocycles. The van der Waals surface area contributed by atoms with Crippen LogP contribution in [0.5, 0.6) is 0 Å². The topological polar surface area (TPSA) is 37.8 Å². The van der Waals surface area contributed by atoms with Gasteiger partial charge in [0.1, 0.15) is 0 Å². The third-order valence-electron chi connectivity index (χ3n) is 2.80.